The number of benzene rings is 4. The molecule has 0 atom stereocenters. The molecule has 2 aliphatic carbocycles. The summed E-state index contributed by atoms with van der Waals surface area (Å²) in [4.78, 5) is 2.59. The molecule has 2 aliphatic rings. The van der Waals surface area contributed by atoms with Crippen LogP contribution in [-0.2, 0) is 5.41 Å². The molecule has 0 saturated heterocycles. The van der Waals surface area contributed by atoms with Crippen LogP contribution in [0.4, 0.5) is 0 Å². The van der Waals surface area contributed by atoms with E-state index in [4.69, 9.17) is 0 Å². The Hall–Kier alpha value is -2.44. The Balaban J connectivity index is 1.65. The number of fused-ring (bicyclic) bond motifs is 10. The summed E-state index contributed by atoms with van der Waals surface area (Å²) in [6.45, 7) is 4.48. The Morgan fingerprint density at radius 2 is 1.21 bits per heavy atom. The summed E-state index contributed by atoms with van der Waals surface area (Å²) in [5.74, 6) is 2.23. The van der Waals surface area contributed by atoms with Gasteiger partial charge in [-0.05, 0) is 98.6 Å². The van der Waals surface area contributed by atoms with E-state index in [1.807, 2.05) is 35.7 Å². The van der Waals surface area contributed by atoms with Gasteiger partial charge in [-0.15, -0.1) is 23.5 Å². The average Bonchev–Trinajstić information content (AvgIpc) is 3.40. The number of hydrogen-bond acceptors (Lipinski definition) is 4. The molecule has 38 heavy (non-hydrogen) atoms. The Kier molecular flexibility index (Phi) is 7.21. The first-order valence-electron chi connectivity index (χ1n) is 13.8. The fourth-order valence-electron chi connectivity index (χ4n) is 6.28. The van der Waals surface area contributed by atoms with E-state index in [2.05, 4.69) is 80.6 Å². The van der Waals surface area contributed by atoms with Gasteiger partial charge in [0.25, 0.3) is 0 Å². The first-order valence-corrected chi connectivity index (χ1v) is 15.7. The smallest absolute Gasteiger partial charge is 0.423 e. The van der Waals surface area contributed by atoms with Crippen LogP contribution < -0.4 is 5.46 Å². The molecule has 192 valence electrons. The van der Waals surface area contributed by atoms with Crippen LogP contribution in [-0.4, -0.2) is 28.7 Å². The van der Waals surface area contributed by atoms with Crippen LogP contribution >= 0.6 is 23.5 Å². The Labute approximate surface area is 235 Å². The zero-order valence-corrected chi connectivity index (χ0v) is 23.7. The van der Waals surface area contributed by atoms with Gasteiger partial charge in [0.2, 0.25) is 0 Å². The fraction of sp³-hybridized carbons (Fsp3) is 0.273. The third-order valence-corrected chi connectivity index (χ3v) is 10.2. The fourth-order valence-corrected chi connectivity index (χ4v) is 8.35. The van der Waals surface area contributed by atoms with E-state index in [-0.39, 0.29) is 0 Å². The molecule has 1 spiro atoms. The summed E-state index contributed by atoms with van der Waals surface area (Å²) in [6, 6.07) is 28.6. The van der Waals surface area contributed by atoms with Crippen LogP contribution in [0.5, 0.6) is 0 Å². The van der Waals surface area contributed by atoms with E-state index in [1.54, 1.807) is 0 Å². The molecule has 0 bridgehead atoms. The first-order chi connectivity index (χ1) is 18.6. The van der Waals surface area contributed by atoms with E-state index in [0.717, 1.165) is 28.2 Å². The third kappa shape index (κ3) is 3.98. The molecule has 0 radical (unpaired) electrons. The van der Waals surface area contributed by atoms with Crippen molar-refractivity contribution in [3.05, 3.63) is 101 Å². The quantitative estimate of drug-likeness (QED) is 0.114. The maximum atomic E-state index is 10.4. The Morgan fingerprint density at radius 3 is 1.79 bits per heavy atom. The van der Waals surface area contributed by atoms with Crippen molar-refractivity contribution < 1.29 is 10.0 Å². The zero-order valence-electron chi connectivity index (χ0n) is 22.0. The molecule has 0 saturated carbocycles. The number of unbranched alkanes of at least 4 members (excludes halogenated alkanes) is 2. The second-order valence-electron chi connectivity index (χ2n) is 10.3. The molecule has 4 aromatic carbocycles. The van der Waals surface area contributed by atoms with Crippen molar-refractivity contribution in [2.45, 2.75) is 54.7 Å². The minimum absolute atomic E-state index is 0.482. The van der Waals surface area contributed by atoms with Gasteiger partial charge in [-0.25, -0.2) is 0 Å². The molecule has 5 heteroatoms. The van der Waals surface area contributed by atoms with Crippen molar-refractivity contribution in [2.75, 3.05) is 11.5 Å². The van der Waals surface area contributed by atoms with Crippen molar-refractivity contribution in [3.63, 3.8) is 0 Å². The molecule has 0 heterocycles. The van der Waals surface area contributed by atoms with Crippen molar-refractivity contribution in [3.8, 4) is 22.3 Å². The van der Waals surface area contributed by atoms with Crippen LogP contribution in [0.1, 0.15) is 61.8 Å². The molecule has 0 aromatic heterocycles. The summed E-state index contributed by atoms with van der Waals surface area (Å²) in [7, 11) is -1.53. The van der Waals surface area contributed by atoms with Crippen LogP contribution in [0.15, 0.2) is 88.7 Å². The van der Waals surface area contributed by atoms with Crippen molar-refractivity contribution >= 4 is 36.1 Å². The zero-order chi connectivity index (χ0) is 26.3. The van der Waals surface area contributed by atoms with Crippen LogP contribution in [0.3, 0.4) is 0 Å². The van der Waals surface area contributed by atoms with Crippen LogP contribution in [0.2, 0.25) is 0 Å². The number of hydrogen-bond donors (Lipinski definition) is 2. The van der Waals surface area contributed by atoms with E-state index in [0.29, 0.717) is 5.46 Å². The molecule has 0 fully saturated rings. The molecule has 0 unspecified atom stereocenters. The highest BCUT2D eigenvalue weighted by atomic mass is 32.2. The lowest BCUT2D eigenvalue weighted by atomic mass is 9.69. The highest BCUT2D eigenvalue weighted by Gasteiger charge is 2.52. The Morgan fingerprint density at radius 1 is 0.632 bits per heavy atom. The summed E-state index contributed by atoms with van der Waals surface area (Å²) >= 11 is 3.87. The second kappa shape index (κ2) is 10.6. The van der Waals surface area contributed by atoms with Gasteiger partial charge in [0.05, 0.1) is 5.41 Å². The third-order valence-electron chi connectivity index (χ3n) is 7.99. The lowest BCUT2D eigenvalue weighted by Gasteiger charge is -2.31. The largest absolute Gasteiger partial charge is 0.489 e. The minimum atomic E-state index is -1.53. The SMILES string of the molecule is CCCCSc1ccc2c(c1)C1(c3cc(SCCCC)ccc3-2)c2ccccc2-c2c(B(O)O)cccc21. The molecule has 6 rings (SSSR count). The van der Waals surface area contributed by atoms with E-state index < -0.39 is 12.5 Å². The Bertz CT molecular complexity index is 1440. The predicted molar refractivity (Wildman–Crippen MR) is 164 cm³/mol. The van der Waals surface area contributed by atoms with Gasteiger partial charge in [-0.3, -0.25) is 0 Å². The average molecular weight is 537 g/mol. The van der Waals surface area contributed by atoms with Gasteiger partial charge in [0.1, 0.15) is 0 Å². The first kappa shape index (κ1) is 25.8. The second-order valence-corrected chi connectivity index (χ2v) is 12.6. The predicted octanol–water partition coefficient (Wildman–Crippen LogP) is 7.49. The standard InChI is InChI=1S/C33H33BO2S2/c1-3-5-18-37-22-14-16-24-25-17-15-23(38-19-6-4-2)21-30(25)33(29(24)20-22)27-11-8-7-10-26(27)32-28(33)12-9-13-31(32)34(35)36/h7-17,20-21,35-36H,3-6,18-19H2,1-2H3. The number of thioether (sulfide) groups is 2. The van der Waals surface area contributed by atoms with E-state index >= 15 is 0 Å². The molecule has 4 aromatic rings. The van der Waals surface area contributed by atoms with Crippen LogP contribution in [0, 0.1) is 0 Å². The molecular formula is C33H33BO2S2. The summed E-state index contributed by atoms with van der Waals surface area (Å²) in [5, 5.41) is 20.8. The molecule has 0 amide bonds. The maximum Gasteiger partial charge on any atom is 0.489 e. The normalized spacial score (nSPS) is 13.8. The van der Waals surface area contributed by atoms with E-state index in [1.165, 1.54) is 63.3 Å². The van der Waals surface area contributed by atoms with Crippen LogP contribution in [0.25, 0.3) is 22.3 Å². The highest BCUT2D eigenvalue weighted by molar-refractivity contribution is 7.99. The highest BCUT2D eigenvalue weighted by Crippen LogP contribution is 2.63. The minimum Gasteiger partial charge on any atom is -0.423 e. The van der Waals surface area contributed by atoms with Gasteiger partial charge >= 0.3 is 7.12 Å². The molecular weight excluding hydrogens is 503 g/mol. The van der Waals surface area contributed by atoms with Gasteiger partial charge < -0.3 is 10.0 Å². The summed E-state index contributed by atoms with van der Waals surface area (Å²) in [5.41, 5.74) is 9.70. The molecule has 2 nitrogen and oxygen atoms in total. The van der Waals surface area contributed by atoms with Crippen molar-refractivity contribution in [1.29, 1.82) is 0 Å². The van der Waals surface area contributed by atoms with Crippen molar-refractivity contribution in [2.24, 2.45) is 0 Å². The molecule has 0 aliphatic heterocycles. The van der Waals surface area contributed by atoms with Gasteiger partial charge in [-0.2, -0.15) is 0 Å². The maximum absolute atomic E-state index is 10.4. The van der Waals surface area contributed by atoms with Gasteiger partial charge in [0.15, 0.2) is 0 Å². The molecule has 2 N–H and O–H groups in total. The van der Waals surface area contributed by atoms with Gasteiger partial charge in [0, 0.05) is 9.79 Å². The summed E-state index contributed by atoms with van der Waals surface area (Å²) < 4.78 is 0. The van der Waals surface area contributed by atoms with Gasteiger partial charge in [-0.1, -0.05) is 81.3 Å². The lowest BCUT2D eigenvalue weighted by Crippen LogP contribution is -2.33. The monoisotopic (exact) mass is 536 g/mol. The topological polar surface area (TPSA) is 40.5 Å². The van der Waals surface area contributed by atoms with E-state index in [9.17, 15) is 10.0 Å². The lowest BCUT2D eigenvalue weighted by molar-refractivity contribution is 0.426. The van der Waals surface area contributed by atoms with Crippen molar-refractivity contribution in [1.82, 2.24) is 0 Å². The number of rotatable bonds is 9. The summed E-state index contributed by atoms with van der Waals surface area (Å²) in [6.07, 6.45) is 4.79.